The number of aromatic nitrogens is 1. The summed E-state index contributed by atoms with van der Waals surface area (Å²) in [6, 6.07) is 19.8. The van der Waals surface area contributed by atoms with Crippen LogP contribution in [0.15, 0.2) is 65.5 Å². The molecule has 3 nitrogen and oxygen atoms in total. The first kappa shape index (κ1) is 18.5. The predicted molar refractivity (Wildman–Crippen MR) is 109 cm³/mol. The Kier molecular flexibility index (Phi) is 5.33. The SMILES string of the molecule is CC(C)C(C)(C)n1sc(-c2cccc(OCc3ccccc3)c2)cc1=O. The number of hydrogen-bond donors (Lipinski definition) is 0. The molecule has 2 aromatic carbocycles. The molecule has 1 heterocycles. The molecule has 1 aromatic heterocycles. The second-order valence-corrected chi connectivity index (χ2v) is 8.33. The molecule has 4 heteroatoms. The van der Waals surface area contributed by atoms with Crippen molar-refractivity contribution in [1.29, 1.82) is 0 Å². The van der Waals surface area contributed by atoms with Crippen LogP contribution in [0.5, 0.6) is 5.75 Å². The lowest BCUT2D eigenvalue weighted by Gasteiger charge is -2.29. The van der Waals surface area contributed by atoms with Crippen LogP contribution in [0.4, 0.5) is 0 Å². The van der Waals surface area contributed by atoms with Crippen molar-refractivity contribution in [1.82, 2.24) is 3.96 Å². The number of rotatable bonds is 6. The smallest absolute Gasteiger partial charge is 0.261 e. The summed E-state index contributed by atoms with van der Waals surface area (Å²) in [5, 5.41) is 0. The largest absolute Gasteiger partial charge is 0.489 e. The van der Waals surface area contributed by atoms with Crippen molar-refractivity contribution in [2.24, 2.45) is 5.92 Å². The average Bonchev–Trinajstić information content (AvgIpc) is 3.03. The Labute approximate surface area is 159 Å². The van der Waals surface area contributed by atoms with Gasteiger partial charge in [-0.2, -0.15) is 0 Å². The molecule has 0 spiro atoms. The fraction of sp³-hybridized carbons (Fsp3) is 0.318. The van der Waals surface area contributed by atoms with Gasteiger partial charge in [-0.1, -0.05) is 67.8 Å². The fourth-order valence-corrected chi connectivity index (χ4v) is 3.76. The molecule has 0 aliphatic carbocycles. The highest BCUT2D eigenvalue weighted by atomic mass is 32.1. The first-order chi connectivity index (χ1) is 12.4. The van der Waals surface area contributed by atoms with E-state index in [1.54, 1.807) is 6.07 Å². The zero-order valence-electron chi connectivity index (χ0n) is 15.7. The molecular formula is C22H25NO2S. The molecule has 0 radical (unpaired) electrons. The van der Waals surface area contributed by atoms with Gasteiger partial charge in [0.05, 0.1) is 10.4 Å². The van der Waals surface area contributed by atoms with Gasteiger partial charge in [-0.15, -0.1) is 0 Å². The summed E-state index contributed by atoms with van der Waals surface area (Å²) in [7, 11) is 0. The first-order valence-corrected chi connectivity index (χ1v) is 9.66. The van der Waals surface area contributed by atoms with Gasteiger partial charge < -0.3 is 4.74 Å². The van der Waals surface area contributed by atoms with Gasteiger partial charge in [-0.05, 0) is 43.0 Å². The van der Waals surface area contributed by atoms with Crippen LogP contribution in [0.25, 0.3) is 10.4 Å². The molecule has 26 heavy (non-hydrogen) atoms. The zero-order valence-corrected chi connectivity index (χ0v) is 16.5. The maximum atomic E-state index is 12.5. The van der Waals surface area contributed by atoms with Gasteiger partial charge in [0, 0.05) is 6.07 Å². The summed E-state index contributed by atoms with van der Waals surface area (Å²) in [6.07, 6.45) is 0. The fourth-order valence-electron chi connectivity index (χ4n) is 2.59. The minimum absolute atomic E-state index is 0.0549. The zero-order chi connectivity index (χ0) is 18.7. The van der Waals surface area contributed by atoms with Crippen LogP contribution in [0.2, 0.25) is 0 Å². The molecule has 0 bridgehead atoms. The molecule has 0 N–H and O–H groups in total. The molecule has 0 fully saturated rings. The summed E-state index contributed by atoms with van der Waals surface area (Å²) in [5.74, 6) is 1.18. The third kappa shape index (κ3) is 3.91. The average molecular weight is 368 g/mol. The lowest BCUT2D eigenvalue weighted by atomic mass is 9.91. The molecule has 3 aromatic rings. The van der Waals surface area contributed by atoms with E-state index >= 15 is 0 Å². The van der Waals surface area contributed by atoms with Gasteiger partial charge in [-0.3, -0.25) is 8.75 Å². The van der Waals surface area contributed by atoms with Crippen LogP contribution in [0.1, 0.15) is 33.3 Å². The quantitative estimate of drug-likeness (QED) is 0.572. The predicted octanol–water partition coefficient (Wildman–Crippen LogP) is 5.55. The van der Waals surface area contributed by atoms with Crippen LogP contribution >= 0.6 is 11.5 Å². The molecule has 0 atom stereocenters. The Balaban J connectivity index is 1.83. The van der Waals surface area contributed by atoms with Crippen molar-refractivity contribution in [3.05, 3.63) is 76.6 Å². The van der Waals surface area contributed by atoms with E-state index in [1.807, 2.05) is 58.6 Å². The molecule has 0 amide bonds. The second kappa shape index (κ2) is 7.50. The number of hydrogen-bond acceptors (Lipinski definition) is 3. The monoisotopic (exact) mass is 367 g/mol. The lowest BCUT2D eigenvalue weighted by molar-refractivity contribution is 0.264. The van der Waals surface area contributed by atoms with Crippen molar-refractivity contribution >= 4 is 11.5 Å². The molecule has 136 valence electrons. The van der Waals surface area contributed by atoms with E-state index in [0.717, 1.165) is 21.8 Å². The third-order valence-corrected chi connectivity index (χ3v) is 6.33. The molecule has 3 rings (SSSR count). The van der Waals surface area contributed by atoms with Crippen molar-refractivity contribution in [3.8, 4) is 16.2 Å². The Hall–Kier alpha value is -2.33. The highest BCUT2D eigenvalue weighted by molar-refractivity contribution is 7.10. The highest BCUT2D eigenvalue weighted by Gasteiger charge is 2.27. The van der Waals surface area contributed by atoms with E-state index in [1.165, 1.54) is 11.5 Å². The molecule has 0 aliphatic heterocycles. The van der Waals surface area contributed by atoms with Gasteiger partial charge in [0.25, 0.3) is 5.56 Å². The van der Waals surface area contributed by atoms with Gasteiger partial charge in [0.2, 0.25) is 0 Å². The van der Waals surface area contributed by atoms with Crippen molar-refractivity contribution in [3.63, 3.8) is 0 Å². The highest BCUT2D eigenvalue weighted by Crippen LogP contribution is 2.32. The van der Waals surface area contributed by atoms with E-state index in [0.29, 0.717) is 12.5 Å². The van der Waals surface area contributed by atoms with Crippen LogP contribution in [0, 0.1) is 5.92 Å². The number of nitrogens with zero attached hydrogens (tertiary/aromatic N) is 1. The molecule has 0 aliphatic rings. The maximum Gasteiger partial charge on any atom is 0.261 e. The first-order valence-electron chi connectivity index (χ1n) is 8.89. The number of ether oxygens (including phenoxy) is 1. The lowest BCUT2D eigenvalue weighted by Crippen LogP contribution is -2.36. The number of benzene rings is 2. The summed E-state index contributed by atoms with van der Waals surface area (Å²) in [5.41, 5.74) is 1.99. The van der Waals surface area contributed by atoms with Crippen LogP contribution in [-0.4, -0.2) is 3.96 Å². The van der Waals surface area contributed by atoms with Crippen LogP contribution in [0.3, 0.4) is 0 Å². The minimum Gasteiger partial charge on any atom is -0.489 e. The standard InChI is InChI=1S/C22H25NO2S/c1-16(2)22(3,4)23-21(24)14-20(26-23)18-11-8-12-19(13-18)25-15-17-9-6-5-7-10-17/h5-14,16H,15H2,1-4H3. The Morgan fingerprint density at radius 3 is 2.46 bits per heavy atom. The molecule has 0 saturated carbocycles. The van der Waals surface area contributed by atoms with Crippen molar-refractivity contribution in [2.75, 3.05) is 0 Å². The normalized spacial score (nSPS) is 11.7. The van der Waals surface area contributed by atoms with E-state index in [-0.39, 0.29) is 11.1 Å². The van der Waals surface area contributed by atoms with Gasteiger partial charge >= 0.3 is 0 Å². The van der Waals surface area contributed by atoms with Gasteiger partial charge in [0.15, 0.2) is 0 Å². The molecule has 0 saturated heterocycles. The summed E-state index contributed by atoms with van der Waals surface area (Å²) < 4.78 is 7.80. The van der Waals surface area contributed by atoms with Crippen LogP contribution in [-0.2, 0) is 12.1 Å². The Morgan fingerprint density at radius 2 is 1.77 bits per heavy atom. The minimum atomic E-state index is -0.207. The van der Waals surface area contributed by atoms with Crippen molar-refractivity contribution in [2.45, 2.75) is 39.8 Å². The van der Waals surface area contributed by atoms with Gasteiger partial charge in [0.1, 0.15) is 12.4 Å². The van der Waals surface area contributed by atoms with E-state index in [2.05, 4.69) is 27.7 Å². The second-order valence-electron chi connectivity index (χ2n) is 7.34. The van der Waals surface area contributed by atoms with E-state index in [9.17, 15) is 4.79 Å². The Morgan fingerprint density at radius 1 is 1.04 bits per heavy atom. The molecular weight excluding hydrogens is 342 g/mol. The maximum absolute atomic E-state index is 12.5. The molecule has 0 unspecified atom stereocenters. The Bertz CT molecular complexity index is 923. The van der Waals surface area contributed by atoms with Gasteiger partial charge in [-0.25, -0.2) is 0 Å². The van der Waals surface area contributed by atoms with Crippen LogP contribution < -0.4 is 10.3 Å². The van der Waals surface area contributed by atoms with Crippen molar-refractivity contribution < 1.29 is 4.74 Å². The summed E-state index contributed by atoms with van der Waals surface area (Å²) in [6.45, 7) is 9.03. The third-order valence-electron chi connectivity index (χ3n) is 4.95. The summed E-state index contributed by atoms with van der Waals surface area (Å²) in [4.78, 5) is 13.5. The van der Waals surface area contributed by atoms with E-state index in [4.69, 9.17) is 4.74 Å². The summed E-state index contributed by atoms with van der Waals surface area (Å²) >= 11 is 1.52. The van der Waals surface area contributed by atoms with E-state index < -0.39 is 0 Å². The topological polar surface area (TPSA) is 31.2 Å².